The van der Waals surface area contributed by atoms with Crippen molar-refractivity contribution in [3.8, 4) is 0 Å². The highest BCUT2D eigenvalue weighted by molar-refractivity contribution is 5.96. The molecule has 0 aliphatic carbocycles. The number of amides is 4. The zero-order valence-corrected chi connectivity index (χ0v) is 19.7. The van der Waals surface area contributed by atoms with Crippen molar-refractivity contribution in [2.45, 2.75) is 69.1 Å². The van der Waals surface area contributed by atoms with Gasteiger partial charge in [-0.15, -0.1) is 0 Å². The minimum Gasteiger partial charge on any atom is -0.481 e. The van der Waals surface area contributed by atoms with E-state index in [2.05, 4.69) is 15.6 Å². The molecular weight excluding hydrogens is 480 g/mol. The number of guanidine groups is 1. The number of aliphatic imine (C=N–C) groups is 1. The van der Waals surface area contributed by atoms with Gasteiger partial charge in [0, 0.05) is 19.5 Å². The van der Waals surface area contributed by atoms with Crippen molar-refractivity contribution in [2.24, 2.45) is 27.9 Å². The van der Waals surface area contributed by atoms with Gasteiger partial charge >= 0.3 is 11.9 Å². The molecule has 1 saturated heterocycles. The first-order valence-electron chi connectivity index (χ1n) is 11.3. The third-order valence-corrected chi connectivity index (χ3v) is 5.43. The first-order valence-corrected chi connectivity index (χ1v) is 11.3. The number of likely N-dealkylation sites (tertiary alicyclic amines) is 1. The van der Waals surface area contributed by atoms with Gasteiger partial charge in [0.05, 0.1) is 12.5 Å². The van der Waals surface area contributed by atoms with E-state index in [0.29, 0.717) is 6.42 Å². The summed E-state index contributed by atoms with van der Waals surface area (Å²) in [7, 11) is 0. The first kappa shape index (κ1) is 30.1. The molecule has 202 valence electrons. The minimum absolute atomic E-state index is 0.0111. The van der Waals surface area contributed by atoms with Crippen molar-refractivity contribution >= 4 is 41.5 Å². The molecule has 1 rings (SSSR count). The molecule has 16 heteroatoms. The first-order chi connectivity index (χ1) is 16.8. The van der Waals surface area contributed by atoms with Crippen molar-refractivity contribution < 1.29 is 39.0 Å². The number of nitrogens with two attached hydrogens (primary N) is 4. The van der Waals surface area contributed by atoms with Crippen molar-refractivity contribution in [2.75, 3.05) is 13.1 Å². The van der Waals surface area contributed by atoms with E-state index in [1.165, 1.54) is 4.90 Å². The van der Waals surface area contributed by atoms with Crippen LogP contribution in [-0.4, -0.2) is 93.9 Å². The molecule has 0 radical (unpaired) electrons. The second-order valence-electron chi connectivity index (χ2n) is 8.31. The summed E-state index contributed by atoms with van der Waals surface area (Å²) in [6.07, 6.45) is -0.0995. The van der Waals surface area contributed by atoms with Gasteiger partial charge in [-0.2, -0.15) is 0 Å². The maximum atomic E-state index is 12.9. The minimum atomic E-state index is -1.60. The second kappa shape index (κ2) is 14.4. The van der Waals surface area contributed by atoms with E-state index in [-0.39, 0.29) is 51.2 Å². The monoisotopic (exact) mass is 514 g/mol. The van der Waals surface area contributed by atoms with E-state index in [1.54, 1.807) is 0 Å². The summed E-state index contributed by atoms with van der Waals surface area (Å²) in [4.78, 5) is 76.9. The number of carboxylic acids is 2. The zero-order chi connectivity index (χ0) is 27.4. The third-order valence-electron chi connectivity index (χ3n) is 5.43. The van der Waals surface area contributed by atoms with Gasteiger partial charge < -0.3 is 48.7 Å². The predicted octanol–water partition coefficient (Wildman–Crippen LogP) is -3.85. The molecule has 1 aliphatic heterocycles. The molecule has 0 aromatic heterocycles. The summed E-state index contributed by atoms with van der Waals surface area (Å²) in [6, 6.07) is -5.07. The Balaban J connectivity index is 2.87. The van der Waals surface area contributed by atoms with Gasteiger partial charge in [0.25, 0.3) is 0 Å². The van der Waals surface area contributed by atoms with Crippen molar-refractivity contribution in [3.63, 3.8) is 0 Å². The van der Waals surface area contributed by atoms with E-state index in [0.717, 1.165) is 0 Å². The lowest BCUT2D eigenvalue weighted by Crippen LogP contribution is -2.57. The van der Waals surface area contributed by atoms with Crippen LogP contribution in [0.3, 0.4) is 0 Å². The highest BCUT2D eigenvalue weighted by Gasteiger charge is 2.38. The molecule has 0 saturated carbocycles. The summed E-state index contributed by atoms with van der Waals surface area (Å²) < 4.78 is 0. The number of aliphatic carboxylic acids is 2. The molecule has 36 heavy (non-hydrogen) atoms. The SMILES string of the molecule is NC(=O)CCC(N)C(=O)N1CCCC1C(=O)NC(CC(=O)O)C(=O)NC(CCCN=C(N)N)C(=O)O. The molecule has 1 fully saturated rings. The Labute approximate surface area is 206 Å². The number of rotatable bonds is 15. The lowest BCUT2D eigenvalue weighted by molar-refractivity contribution is -0.145. The zero-order valence-electron chi connectivity index (χ0n) is 19.7. The number of primary amides is 1. The summed E-state index contributed by atoms with van der Waals surface area (Å²) >= 11 is 0. The van der Waals surface area contributed by atoms with Gasteiger partial charge in [0.1, 0.15) is 18.1 Å². The van der Waals surface area contributed by atoms with Crippen LogP contribution >= 0.6 is 0 Å². The van der Waals surface area contributed by atoms with Gasteiger partial charge in [-0.3, -0.25) is 29.0 Å². The number of hydrogen-bond donors (Lipinski definition) is 8. The maximum absolute atomic E-state index is 12.9. The number of carbonyl (C=O) groups is 6. The molecule has 0 aromatic carbocycles. The maximum Gasteiger partial charge on any atom is 0.326 e. The lowest BCUT2D eigenvalue weighted by atomic mass is 10.1. The fraction of sp³-hybridized carbons (Fsp3) is 0.650. The normalized spacial score (nSPS) is 17.4. The van der Waals surface area contributed by atoms with Crippen LogP contribution in [0.4, 0.5) is 0 Å². The molecule has 4 unspecified atom stereocenters. The standard InChI is InChI=1S/C20H34N8O8/c21-10(5-6-14(22)29)18(34)28-8-2-4-13(28)17(33)27-12(9-15(30)31)16(32)26-11(19(35)36)3-1-7-25-20(23)24/h10-13H,1-9,21H2,(H2,22,29)(H,26,32)(H,27,33)(H,30,31)(H,35,36)(H4,23,24,25). The average Bonchev–Trinajstić information content (AvgIpc) is 3.27. The molecule has 4 amide bonds. The lowest BCUT2D eigenvalue weighted by Gasteiger charge is -2.28. The molecule has 0 bridgehead atoms. The van der Waals surface area contributed by atoms with E-state index in [9.17, 15) is 39.0 Å². The Bertz CT molecular complexity index is 876. The topological polar surface area (TPSA) is 287 Å². The van der Waals surface area contributed by atoms with Crippen LogP contribution in [-0.2, 0) is 28.8 Å². The number of carbonyl (C=O) groups excluding carboxylic acids is 4. The highest BCUT2D eigenvalue weighted by Crippen LogP contribution is 2.19. The molecule has 0 spiro atoms. The number of hydrogen-bond acceptors (Lipinski definition) is 8. The van der Waals surface area contributed by atoms with Crippen molar-refractivity contribution in [1.29, 1.82) is 0 Å². The van der Waals surface area contributed by atoms with Gasteiger partial charge in [0.2, 0.25) is 23.6 Å². The molecule has 1 heterocycles. The Morgan fingerprint density at radius 2 is 1.67 bits per heavy atom. The fourth-order valence-corrected chi connectivity index (χ4v) is 3.62. The van der Waals surface area contributed by atoms with Crippen LogP contribution < -0.4 is 33.6 Å². The van der Waals surface area contributed by atoms with E-state index < -0.39 is 66.2 Å². The fourth-order valence-electron chi connectivity index (χ4n) is 3.62. The molecule has 16 nitrogen and oxygen atoms in total. The Morgan fingerprint density at radius 1 is 1.00 bits per heavy atom. The Kier molecular flexibility index (Phi) is 12.1. The number of nitrogens with one attached hydrogen (secondary N) is 2. The smallest absolute Gasteiger partial charge is 0.326 e. The van der Waals surface area contributed by atoms with Crippen molar-refractivity contribution in [3.05, 3.63) is 0 Å². The summed E-state index contributed by atoms with van der Waals surface area (Å²) in [5.74, 6) is -5.98. The number of nitrogens with zero attached hydrogens (tertiary/aromatic N) is 2. The van der Waals surface area contributed by atoms with Crippen LogP contribution in [0.15, 0.2) is 4.99 Å². The molecule has 4 atom stereocenters. The van der Waals surface area contributed by atoms with E-state index in [1.807, 2.05) is 0 Å². The second-order valence-corrected chi connectivity index (χ2v) is 8.31. The molecule has 0 aromatic rings. The predicted molar refractivity (Wildman–Crippen MR) is 125 cm³/mol. The van der Waals surface area contributed by atoms with Crippen LogP contribution in [0.2, 0.25) is 0 Å². The summed E-state index contributed by atoms with van der Waals surface area (Å²) in [5, 5.41) is 23.1. The van der Waals surface area contributed by atoms with E-state index in [4.69, 9.17) is 22.9 Å². The summed E-state index contributed by atoms with van der Waals surface area (Å²) in [6.45, 7) is 0.318. The van der Waals surface area contributed by atoms with Crippen LogP contribution in [0.5, 0.6) is 0 Å². The van der Waals surface area contributed by atoms with Gasteiger partial charge in [-0.25, -0.2) is 4.79 Å². The largest absolute Gasteiger partial charge is 0.481 e. The van der Waals surface area contributed by atoms with Crippen LogP contribution in [0.25, 0.3) is 0 Å². The molecular formula is C20H34N8O8. The highest BCUT2D eigenvalue weighted by atomic mass is 16.4. The number of carboxylic acid groups (broad SMARTS) is 2. The Hall–Kier alpha value is -3.95. The molecule has 1 aliphatic rings. The van der Waals surface area contributed by atoms with Gasteiger partial charge in [-0.1, -0.05) is 0 Å². The van der Waals surface area contributed by atoms with E-state index >= 15 is 0 Å². The molecule has 12 N–H and O–H groups in total. The third kappa shape index (κ3) is 10.1. The van der Waals surface area contributed by atoms with Crippen LogP contribution in [0.1, 0.15) is 44.9 Å². The summed E-state index contributed by atoms with van der Waals surface area (Å²) in [5.41, 5.74) is 21.3. The van der Waals surface area contributed by atoms with Gasteiger partial charge in [0.15, 0.2) is 5.96 Å². The van der Waals surface area contributed by atoms with Crippen molar-refractivity contribution in [1.82, 2.24) is 15.5 Å². The van der Waals surface area contributed by atoms with Gasteiger partial charge in [-0.05, 0) is 32.1 Å². The average molecular weight is 515 g/mol. The Morgan fingerprint density at radius 3 is 2.22 bits per heavy atom. The van der Waals surface area contributed by atoms with Crippen LogP contribution in [0, 0.1) is 0 Å². The quantitative estimate of drug-likeness (QED) is 0.0594.